The zero-order valence-corrected chi connectivity index (χ0v) is 12.3. The van der Waals surface area contributed by atoms with Gasteiger partial charge in [-0.15, -0.1) is 0 Å². The number of methoxy groups -OCH3 is 1. The predicted molar refractivity (Wildman–Crippen MR) is 76.8 cm³/mol. The van der Waals surface area contributed by atoms with Crippen molar-refractivity contribution in [1.29, 1.82) is 0 Å². The van der Waals surface area contributed by atoms with Gasteiger partial charge in [0.2, 0.25) is 0 Å². The third kappa shape index (κ3) is 5.59. The van der Waals surface area contributed by atoms with Crippen molar-refractivity contribution in [3.8, 4) is 5.75 Å². The summed E-state index contributed by atoms with van der Waals surface area (Å²) in [6, 6.07) is 5.43. The first-order valence-corrected chi connectivity index (χ1v) is 6.71. The fraction of sp³-hybridized carbons (Fsp3) is 0.533. The van der Waals surface area contributed by atoms with E-state index in [1.165, 1.54) is 0 Å². The topological polar surface area (TPSA) is 67.8 Å². The molecule has 0 saturated carbocycles. The summed E-state index contributed by atoms with van der Waals surface area (Å²) in [5.41, 5.74) is 1.73. The highest BCUT2D eigenvalue weighted by Crippen LogP contribution is 2.22. The Hall–Kier alpha value is -1.59. The molecule has 0 fully saturated rings. The van der Waals surface area contributed by atoms with Crippen molar-refractivity contribution in [1.82, 2.24) is 5.32 Å². The molecular formula is C15H23NO4. The number of benzene rings is 1. The van der Waals surface area contributed by atoms with Gasteiger partial charge in [-0.1, -0.05) is 6.07 Å². The lowest BCUT2D eigenvalue weighted by molar-refractivity contribution is -0.123. The standard InChI is InChI=1S/C15H23NO4/c1-11-9-13(12(2)17)5-6-14(11)20-10-15(18)16-7-4-8-19-3/h5-6,9,12,17H,4,7-8,10H2,1-3H3,(H,16,18). The van der Waals surface area contributed by atoms with E-state index in [4.69, 9.17) is 9.47 Å². The average molecular weight is 281 g/mol. The summed E-state index contributed by atoms with van der Waals surface area (Å²) in [6.45, 7) is 4.79. The van der Waals surface area contributed by atoms with Crippen molar-refractivity contribution < 1.29 is 19.4 Å². The maximum absolute atomic E-state index is 11.5. The van der Waals surface area contributed by atoms with Gasteiger partial charge in [-0.3, -0.25) is 4.79 Å². The first-order chi connectivity index (χ1) is 9.54. The summed E-state index contributed by atoms with van der Waals surface area (Å²) >= 11 is 0. The SMILES string of the molecule is COCCCNC(=O)COc1ccc(C(C)O)cc1C. The summed E-state index contributed by atoms with van der Waals surface area (Å²) < 4.78 is 10.4. The number of carbonyl (C=O) groups is 1. The highest BCUT2D eigenvalue weighted by molar-refractivity contribution is 5.77. The molecule has 0 aliphatic carbocycles. The van der Waals surface area contributed by atoms with Gasteiger partial charge in [0.1, 0.15) is 5.75 Å². The molecule has 5 nitrogen and oxygen atoms in total. The molecule has 1 rings (SSSR count). The number of nitrogens with one attached hydrogen (secondary N) is 1. The summed E-state index contributed by atoms with van der Waals surface area (Å²) in [6.07, 6.45) is 0.275. The van der Waals surface area contributed by atoms with Crippen LogP contribution in [0.3, 0.4) is 0 Å². The van der Waals surface area contributed by atoms with Gasteiger partial charge in [0.05, 0.1) is 6.10 Å². The second-order valence-electron chi connectivity index (χ2n) is 4.69. The lowest BCUT2D eigenvalue weighted by atomic mass is 10.1. The third-order valence-corrected chi connectivity index (χ3v) is 2.89. The number of rotatable bonds is 8. The number of aryl methyl sites for hydroxylation is 1. The second-order valence-corrected chi connectivity index (χ2v) is 4.69. The molecule has 1 amide bonds. The molecule has 0 aromatic heterocycles. The Balaban J connectivity index is 2.39. The summed E-state index contributed by atoms with van der Waals surface area (Å²) in [7, 11) is 1.63. The van der Waals surface area contributed by atoms with Crippen molar-refractivity contribution in [2.75, 3.05) is 26.9 Å². The van der Waals surface area contributed by atoms with Crippen LogP contribution in [-0.2, 0) is 9.53 Å². The van der Waals surface area contributed by atoms with Crippen LogP contribution >= 0.6 is 0 Å². The van der Waals surface area contributed by atoms with Crippen molar-refractivity contribution >= 4 is 5.91 Å². The molecule has 0 radical (unpaired) electrons. The first-order valence-electron chi connectivity index (χ1n) is 6.71. The van der Waals surface area contributed by atoms with Gasteiger partial charge >= 0.3 is 0 Å². The van der Waals surface area contributed by atoms with Crippen LogP contribution in [0.1, 0.15) is 30.6 Å². The average Bonchev–Trinajstić information content (AvgIpc) is 2.42. The number of hydrogen-bond acceptors (Lipinski definition) is 4. The van der Waals surface area contributed by atoms with Crippen molar-refractivity contribution in [2.45, 2.75) is 26.4 Å². The minimum absolute atomic E-state index is 0.0121. The predicted octanol–water partition coefficient (Wildman–Crippen LogP) is 1.58. The molecule has 2 N–H and O–H groups in total. The molecule has 1 aromatic rings. The number of ether oxygens (including phenoxy) is 2. The number of aliphatic hydroxyl groups excluding tert-OH is 1. The fourth-order valence-corrected chi connectivity index (χ4v) is 1.73. The van der Waals surface area contributed by atoms with Gasteiger partial charge in [0.25, 0.3) is 5.91 Å². The van der Waals surface area contributed by atoms with E-state index in [0.29, 0.717) is 18.9 Å². The largest absolute Gasteiger partial charge is 0.484 e. The van der Waals surface area contributed by atoms with E-state index in [1.807, 2.05) is 13.0 Å². The number of hydrogen-bond donors (Lipinski definition) is 2. The summed E-state index contributed by atoms with van der Waals surface area (Å²) in [5.74, 6) is 0.501. The van der Waals surface area contributed by atoms with E-state index in [9.17, 15) is 9.90 Å². The highest BCUT2D eigenvalue weighted by atomic mass is 16.5. The van der Waals surface area contributed by atoms with Crippen LogP contribution in [0.25, 0.3) is 0 Å². The van der Waals surface area contributed by atoms with Gasteiger partial charge in [0.15, 0.2) is 6.61 Å². The zero-order chi connectivity index (χ0) is 15.0. The van der Waals surface area contributed by atoms with Crippen LogP contribution in [0.5, 0.6) is 5.75 Å². The van der Waals surface area contributed by atoms with Crippen LogP contribution in [-0.4, -0.2) is 37.9 Å². The van der Waals surface area contributed by atoms with Crippen LogP contribution in [0.15, 0.2) is 18.2 Å². The quantitative estimate of drug-likeness (QED) is 0.710. The Bertz CT molecular complexity index is 432. The van der Waals surface area contributed by atoms with Crippen LogP contribution < -0.4 is 10.1 Å². The molecule has 0 bridgehead atoms. The fourth-order valence-electron chi connectivity index (χ4n) is 1.73. The lowest BCUT2D eigenvalue weighted by Crippen LogP contribution is -2.30. The molecule has 20 heavy (non-hydrogen) atoms. The number of amides is 1. The maximum Gasteiger partial charge on any atom is 0.257 e. The molecule has 112 valence electrons. The van der Waals surface area contributed by atoms with E-state index < -0.39 is 6.10 Å². The van der Waals surface area contributed by atoms with Gasteiger partial charge in [-0.25, -0.2) is 0 Å². The second kappa shape index (κ2) is 8.55. The molecule has 0 saturated heterocycles. The highest BCUT2D eigenvalue weighted by Gasteiger charge is 2.07. The van der Waals surface area contributed by atoms with Crippen molar-refractivity contribution in [3.05, 3.63) is 29.3 Å². The minimum atomic E-state index is -0.508. The van der Waals surface area contributed by atoms with E-state index >= 15 is 0 Å². The lowest BCUT2D eigenvalue weighted by Gasteiger charge is -2.12. The van der Waals surface area contributed by atoms with E-state index in [0.717, 1.165) is 17.5 Å². The van der Waals surface area contributed by atoms with Gasteiger partial charge in [-0.2, -0.15) is 0 Å². The Morgan fingerprint density at radius 2 is 2.20 bits per heavy atom. The van der Waals surface area contributed by atoms with Gasteiger partial charge in [0, 0.05) is 20.3 Å². The van der Waals surface area contributed by atoms with Crippen molar-refractivity contribution in [2.24, 2.45) is 0 Å². The maximum atomic E-state index is 11.5. The minimum Gasteiger partial charge on any atom is -0.484 e. The zero-order valence-electron chi connectivity index (χ0n) is 12.3. The van der Waals surface area contributed by atoms with E-state index in [2.05, 4.69) is 5.32 Å². The van der Waals surface area contributed by atoms with Crippen LogP contribution in [0.4, 0.5) is 0 Å². The number of carbonyl (C=O) groups excluding carboxylic acids is 1. The number of aliphatic hydroxyl groups is 1. The molecule has 0 aliphatic heterocycles. The molecule has 0 spiro atoms. The molecule has 1 aromatic carbocycles. The molecule has 1 unspecified atom stereocenters. The van der Waals surface area contributed by atoms with Crippen molar-refractivity contribution in [3.63, 3.8) is 0 Å². The molecule has 0 heterocycles. The van der Waals surface area contributed by atoms with Crippen LogP contribution in [0, 0.1) is 6.92 Å². The Morgan fingerprint density at radius 1 is 1.45 bits per heavy atom. The molecular weight excluding hydrogens is 258 g/mol. The normalized spacial score (nSPS) is 12.0. The third-order valence-electron chi connectivity index (χ3n) is 2.89. The molecule has 1 atom stereocenters. The Morgan fingerprint density at radius 3 is 2.80 bits per heavy atom. The van der Waals surface area contributed by atoms with Gasteiger partial charge in [-0.05, 0) is 43.5 Å². The van der Waals surface area contributed by atoms with E-state index in [-0.39, 0.29) is 12.5 Å². The monoisotopic (exact) mass is 281 g/mol. The first kappa shape index (κ1) is 16.5. The molecule has 0 aliphatic rings. The Kier molecular flexibility index (Phi) is 7.04. The summed E-state index contributed by atoms with van der Waals surface area (Å²) in [4.78, 5) is 11.5. The van der Waals surface area contributed by atoms with Gasteiger partial charge < -0.3 is 19.9 Å². The molecule has 5 heteroatoms. The van der Waals surface area contributed by atoms with Crippen LogP contribution in [0.2, 0.25) is 0 Å². The smallest absolute Gasteiger partial charge is 0.257 e. The summed E-state index contributed by atoms with van der Waals surface area (Å²) in [5, 5.41) is 12.2. The Labute approximate surface area is 119 Å². The van der Waals surface area contributed by atoms with E-state index in [1.54, 1.807) is 26.2 Å².